The first-order chi connectivity index (χ1) is 17.3. The average Bonchev–Trinajstić information content (AvgIpc) is 3.18. The quantitative estimate of drug-likeness (QED) is 0.425. The minimum atomic E-state index is -0.999. The number of rotatable bonds is 8. The van der Waals surface area contributed by atoms with Crippen molar-refractivity contribution in [2.24, 2.45) is 0 Å². The molecule has 8 heteroatoms. The third-order valence-electron chi connectivity index (χ3n) is 6.16. The lowest BCUT2D eigenvalue weighted by molar-refractivity contribution is -0.141. The normalized spacial score (nSPS) is 15.6. The Morgan fingerprint density at radius 3 is 2.08 bits per heavy atom. The molecular formula is C28H28N4O4. The molecule has 0 saturated carbocycles. The zero-order valence-electron chi connectivity index (χ0n) is 20.2. The Morgan fingerprint density at radius 1 is 0.889 bits per heavy atom. The molecule has 0 spiro atoms. The number of nitrogens with one attached hydrogen (secondary N) is 3. The average molecular weight is 485 g/mol. The van der Waals surface area contributed by atoms with E-state index in [1.54, 1.807) is 12.1 Å². The number of aryl methyl sites for hydroxylation is 2. The van der Waals surface area contributed by atoms with Crippen LogP contribution in [0, 0.1) is 13.8 Å². The molecule has 1 aliphatic heterocycles. The third kappa shape index (κ3) is 5.60. The minimum Gasteiger partial charge on any atom is -0.325 e. The van der Waals surface area contributed by atoms with Crippen LogP contribution in [0.3, 0.4) is 0 Å². The van der Waals surface area contributed by atoms with Crippen LogP contribution in [0.2, 0.25) is 0 Å². The van der Waals surface area contributed by atoms with Crippen LogP contribution in [0.4, 0.5) is 10.5 Å². The molecule has 36 heavy (non-hydrogen) atoms. The number of imide groups is 1. The Labute approximate surface area is 209 Å². The lowest BCUT2D eigenvalue weighted by Crippen LogP contribution is -2.44. The SMILES string of the molecule is Cc1cccc(C)c1NC(=O)C(c1ccccc1)N(Cc1ccccc1)C(=O)CC1NC(=O)NC1=O. The molecule has 1 saturated heterocycles. The number of nitrogens with zero attached hydrogens (tertiary/aromatic N) is 1. The third-order valence-corrected chi connectivity index (χ3v) is 6.16. The second-order valence-corrected chi connectivity index (χ2v) is 8.80. The van der Waals surface area contributed by atoms with E-state index in [4.69, 9.17) is 0 Å². The maximum absolute atomic E-state index is 13.9. The highest BCUT2D eigenvalue weighted by Crippen LogP contribution is 2.28. The predicted octanol–water partition coefficient (Wildman–Crippen LogP) is 3.61. The van der Waals surface area contributed by atoms with Gasteiger partial charge in [0.2, 0.25) is 5.91 Å². The van der Waals surface area contributed by atoms with Crippen molar-refractivity contribution < 1.29 is 19.2 Å². The summed E-state index contributed by atoms with van der Waals surface area (Å²) in [4.78, 5) is 52.7. The summed E-state index contributed by atoms with van der Waals surface area (Å²) in [6.07, 6.45) is -0.273. The van der Waals surface area contributed by atoms with E-state index in [2.05, 4.69) is 16.0 Å². The monoisotopic (exact) mass is 484 g/mol. The van der Waals surface area contributed by atoms with E-state index in [1.807, 2.05) is 80.6 Å². The summed E-state index contributed by atoms with van der Waals surface area (Å²) in [6.45, 7) is 3.96. The predicted molar refractivity (Wildman–Crippen MR) is 136 cm³/mol. The zero-order chi connectivity index (χ0) is 25.7. The second-order valence-electron chi connectivity index (χ2n) is 8.80. The fourth-order valence-electron chi connectivity index (χ4n) is 4.31. The summed E-state index contributed by atoms with van der Waals surface area (Å²) in [6, 6.07) is 21.5. The number of para-hydroxylation sites is 1. The van der Waals surface area contributed by atoms with Gasteiger partial charge in [0.25, 0.3) is 11.8 Å². The van der Waals surface area contributed by atoms with Gasteiger partial charge in [-0.05, 0) is 36.1 Å². The summed E-state index contributed by atoms with van der Waals surface area (Å²) in [5.41, 5.74) is 3.96. The van der Waals surface area contributed by atoms with Crippen molar-refractivity contribution in [1.82, 2.24) is 15.5 Å². The molecular weight excluding hydrogens is 456 g/mol. The van der Waals surface area contributed by atoms with Crippen molar-refractivity contribution in [2.45, 2.75) is 38.9 Å². The summed E-state index contributed by atoms with van der Waals surface area (Å²) in [7, 11) is 0. The van der Waals surface area contributed by atoms with Crippen LogP contribution in [0.5, 0.6) is 0 Å². The smallest absolute Gasteiger partial charge is 0.322 e. The Balaban J connectivity index is 1.72. The Morgan fingerprint density at radius 2 is 1.50 bits per heavy atom. The number of amides is 5. The van der Waals surface area contributed by atoms with Crippen molar-refractivity contribution in [1.29, 1.82) is 0 Å². The molecule has 0 aromatic heterocycles. The van der Waals surface area contributed by atoms with E-state index >= 15 is 0 Å². The molecule has 1 aliphatic rings. The highest BCUT2D eigenvalue weighted by molar-refractivity contribution is 6.06. The van der Waals surface area contributed by atoms with E-state index in [0.29, 0.717) is 11.3 Å². The lowest BCUT2D eigenvalue weighted by atomic mass is 10.0. The molecule has 4 rings (SSSR count). The molecule has 0 bridgehead atoms. The molecule has 1 heterocycles. The number of anilines is 1. The highest BCUT2D eigenvalue weighted by Gasteiger charge is 2.37. The first kappa shape index (κ1) is 24.7. The van der Waals surface area contributed by atoms with Crippen LogP contribution >= 0.6 is 0 Å². The Bertz CT molecular complexity index is 1260. The number of benzene rings is 3. The van der Waals surface area contributed by atoms with E-state index in [0.717, 1.165) is 16.7 Å². The Hall–Kier alpha value is -4.46. The lowest BCUT2D eigenvalue weighted by Gasteiger charge is -2.32. The Kier molecular flexibility index (Phi) is 7.44. The minimum absolute atomic E-state index is 0.141. The summed E-state index contributed by atoms with van der Waals surface area (Å²) < 4.78 is 0. The molecule has 1 fully saturated rings. The largest absolute Gasteiger partial charge is 0.325 e. The van der Waals surface area contributed by atoms with Gasteiger partial charge in [0.15, 0.2) is 0 Å². The van der Waals surface area contributed by atoms with Crippen molar-refractivity contribution in [3.05, 3.63) is 101 Å². The first-order valence-corrected chi connectivity index (χ1v) is 11.7. The van der Waals surface area contributed by atoms with E-state index in [-0.39, 0.29) is 18.9 Å². The van der Waals surface area contributed by atoms with Gasteiger partial charge in [0.1, 0.15) is 12.1 Å². The van der Waals surface area contributed by atoms with Gasteiger partial charge in [-0.15, -0.1) is 0 Å². The molecule has 2 unspecified atom stereocenters. The topological polar surface area (TPSA) is 108 Å². The van der Waals surface area contributed by atoms with E-state index in [9.17, 15) is 19.2 Å². The maximum atomic E-state index is 13.9. The van der Waals surface area contributed by atoms with Crippen molar-refractivity contribution >= 4 is 29.4 Å². The zero-order valence-corrected chi connectivity index (χ0v) is 20.2. The van der Waals surface area contributed by atoms with Crippen molar-refractivity contribution in [3.8, 4) is 0 Å². The van der Waals surface area contributed by atoms with Crippen LogP contribution in [0.25, 0.3) is 0 Å². The van der Waals surface area contributed by atoms with E-state index < -0.39 is 29.9 Å². The van der Waals surface area contributed by atoms with Crippen LogP contribution in [0.15, 0.2) is 78.9 Å². The number of hydrogen-bond acceptors (Lipinski definition) is 4. The van der Waals surface area contributed by atoms with Crippen LogP contribution in [0.1, 0.15) is 34.7 Å². The fraction of sp³-hybridized carbons (Fsp3) is 0.214. The van der Waals surface area contributed by atoms with Crippen molar-refractivity contribution in [2.75, 3.05) is 5.32 Å². The van der Waals surface area contributed by atoms with Gasteiger partial charge in [-0.2, -0.15) is 0 Å². The number of hydrogen-bond donors (Lipinski definition) is 3. The van der Waals surface area contributed by atoms with E-state index in [1.165, 1.54) is 4.90 Å². The molecule has 3 aromatic rings. The number of urea groups is 1. The van der Waals surface area contributed by atoms with Gasteiger partial charge >= 0.3 is 6.03 Å². The molecule has 0 aliphatic carbocycles. The van der Waals surface area contributed by atoms with Gasteiger partial charge in [-0.25, -0.2) is 4.79 Å². The summed E-state index contributed by atoms with van der Waals surface area (Å²) in [5, 5.41) is 7.64. The van der Waals surface area contributed by atoms with Gasteiger partial charge < -0.3 is 15.5 Å². The molecule has 0 radical (unpaired) electrons. The van der Waals surface area contributed by atoms with Gasteiger partial charge in [0.05, 0.1) is 6.42 Å². The molecule has 2 atom stereocenters. The second kappa shape index (κ2) is 10.9. The fourth-order valence-corrected chi connectivity index (χ4v) is 4.31. The molecule has 3 aromatic carbocycles. The molecule has 184 valence electrons. The summed E-state index contributed by atoms with van der Waals surface area (Å²) >= 11 is 0. The maximum Gasteiger partial charge on any atom is 0.322 e. The molecule has 5 amide bonds. The van der Waals surface area contributed by atoms with Crippen molar-refractivity contribution in [3.63, 3.8) is 0 Å². The van der Waals surface area contributed by atoms with Crippen LogP contribution < -0.4 is 16.0 Å². The van der Waals surface area contributed by atoms with Gasteiger partial charge in [-0.1, -0.05) is 78.9 Å². The highest BCUT2D eigenvalue weighted by atomic mass is 16.2. The van der Waals surface area contributed by atoms with Crippen LogP contribution in [-0.2, 0) is 20.9 Å². The van der Waals surface area contributed by atoms with Gasteiger partial charge in [-0.3, -0.25) is 19.7 Å². The standard InChI is InChI=1S/C28H28N4O4/c1-18-10-9-11-19(2)24(18)30-27(35)25(21-14-7-4-8-15-21)32(17-20-12-5-3-6-13-20)23(33)16-22-26(34)31-28(36)29-22/h3-15,22,25H,16-17H2,1-2H3,(H,30,35)(H2,29,31,34,36). The van der Waals surface area contributed by atoms with Crippen LogP contribution in [-0.4, -0.2) is 34.7 Å². The number of carbonyl (C=O) groups excluding carboxylic acids is 4. The number of carbonyl (C=O) groups is 4. The molecule has 3 N–H and O–H groups in total. The van der Waals surface area contributed by atoms with Gasteiger partial charge in [0, 0.05) is 12.2 Å². The molecule has 8 nitrogen and oxygen atoms in total. The first-order valence-electron chi connectivity index (χ1n) is 11.7. The summed E-state index contributed by atoms with van der Waals surface area (Å²) in [5.74, 6) is -1.38.